The van der Waals surface area contributed by atoms with Gasteiger partial charge in [-0.2, -0.15) is 0 Å². The quantitative estimate of drug-likeness (QED) is 0.670. The molecule has 0 bridgehead atoms. The van der Waals surface area contributed by atoms with Gasteiger partial charge in [0.15, 0.2) is 11.5 Å². The van der Waals surface area contributed by atoms with E-state index in [9.17, 15) is 0 Å². The highest BCUT2D eigenvalue weighted by Crippen LogP contribution is 2.18. The molecule has 0 spiro atoms. The number of oxazole rings is 1. The van der Waals surface area contributed by atoms with E-state index in [1.807, 2.05) is 13.0 Å². The van der Waals surface area contributed by atoms with Crippen molar-refractivity contribution < 1.29 is 4.42 Å². The van der Waals surface area contributed by atoms with Crippen molar-refractivity contribution in [1.82, 2.24) is 9.97 Å². The van der Waals surface area contributed by atoms with E-state index in [-0.39, 0.29) is 0 Å². The Bertz CT molecular complexity index is 431. The second-order valence-electron chi connectivity index (χ2n) is 3.46. The molecule has 2 heterocycles. The molecule has 0 aliphatic rings. The van der Waals surface area contributed by atoms with E-state index in [4.69, 9.17) is 4.42 Å². The zero-order chi connectivity index (χ0) is 9.42. The van der Waals surface area contributed by atoms with E-state index in [0.29, 0.717) is 11.8 Å². The lowest BCUT2D eigenvalue weighted by atomic mass is 10.1. The Kier molecular flexibility index (Phi) is 1.79. The highest BCUT2D eigenvalue weighted by molar-refractivity contribution is 5.71. The topological polar surface area (TPSA) is 38.9 Å². The van der Waals surface area contributed by atoms with Crippen LogP contribution in [0, 0.1) is 6.92 Å². The number of pyridine rings is 1. The summed E-state index contributed by atoms with van der Waals surface area (Å²) in [6.45, 7) is 6.06. The van der Waals surface area contributed by atoms with Gasteiger partial charge in [-0.3, -0.25) is 4.98 Å². The number of fused-ring (bicyclic) bond motifs is 1. The molecule has 0 atom stereocenters. The summed E-state index contributed by atoms with van der Waals surface area (Å²) in [5.41, 5.74) is 2.71. The van der Waals surface area contributed by atoms with Crippen molar-refractivity contribution >= 4 is 11.1 Å². The first-order valence-corrected chi connectivity index (χ1v) is 4.40. The van der Waals surface area contributed by atoms with Crippen LogP contribution in [0.2, 0.25) is 0 Å². The molecule has 0 amide bonds. The molecular weight excluding hydrogens is 164 g/mol. The van der Waals surface area contributed by atoms with Crippen LogP contribution in [0.3, 0.4) is 0 Å². The van der Waals surface area contributed by atoms with Crippen molar-refractivity contribution in [2.75, 3.05) is 0 Å². The molecular formula is C10H12N2O. The first-order chi connectivity index (χ1) is 6.16. The molecule has 0 saturated carbocycles. The number of hydrogen-bond donors (Lipinski definition) is 0. The maximum Gasteiger partial charge on any atom is 0.192 e. The standard InChI is InChI=1S/C10H12N2O/c1-6(2)8-4-10-9(5-11-8)12-7(3)13-10/h4-6H,1-3H3. The van der Waals surface area contributed by atoms with Crippen LogP contribution in [-0.2, 0) is 0 Å². The first kappa shape index (κ1) is 8.23. The van der Waals surface area contributed by atoms with Crippen molar-refractivity contribution in [3.63, 3.8) is 0 Å². The van der Waals surface area contributed by atoms with Crippen LogP contribution in [-0.4, -0.2) is 9.97 Å². The molecule has 0 aliphatic carbocycles. The maximum atomic E-state index is 5.41. The van der Waals surface area contributed by atoms with Crippen molar-refractivity contribution in [2.24, 2.45) is 0 Å². The summed E-state index contributed by atoms with van der Waals surface area (Å²) in [5, 5.41) is 0. The second kappa shape index (κ2) is 2.83. The lowest BCUT2D eigenvalue weighted by molar-refractivity contribution is 0.560. The van der Waals surface area contributed by atoms with Crippen LogP contribution in [0.25, 0.3) is 11.1 Å². The van der Waals surface area contributed by atoms with Crippen molar-refractivity contribution in [2.45, 2.75) is 26.7 Å². The van der Waals surface area contributed by atoms with Gasteiger partial charge in [-0.25, -0.2) is 4.98 Å². The summed E-state index contributed by atoms with van der Waals surface area (Å²) in [4.78, 5) is 8.48. The molecule has 0 N–H and O–H groups in total. The molecule has 0 radical (unpaired) electrons. The predicted octanol–water partition coefficient (Wildman–Crippen LogP) is 2.65. The fourth-order valence-electron chi connectivity index (χ4n) is 1.28. The molecule has 3 heteroatoms. The average molecular weight is 176 g/mol. The van der Waals surface area contributed by atoms with E-state index in [1.165, 1.54) is 0 Å². The smallest absolute Gasteiger partial charge is 0.192 e. The van der Waals surface area contributed by atoms with Gasteiger partial charge < -0.3 is 4.42 Å². The first-order valence-electron chi connectivity index (χ1n) is 4.40. The summed E-state index contributed by atoms with van der Waals surface area (Å²) in [6, 6.07) is 1.96. The molecule has 2 aromatic rings. The monoisotopic (exact) mass is 176 g/mol. The highest BCUT2D eigenvalue weighted by atomic mass is 16.3. The van der Waals surface area contributed by atoms with Gasteiger partial charge in [0.25, 0.3) is 0 Å². The minimum Gasteiger partial charge on any atom is -0.441 e. The van der Waals surface area contributed by atoms with Gasteiger partial charge in [0, 0.05) is 18.7 Å². The SMILES string of the molecule is Cc1nc2cnc(C(C)C)cc2o1. The Labute approximate surface area is 76.8 Å². The number of rotatable bonds is 1. The fourth-order valence-corrected chi connectivity index (χ4v) is 1.28. The van der Waals surface area contributed by atoms with Crippen molar-refractivity contribution in [3.05, 3.63) is 23.8 Å². The zero-order valence-corrected chi connectivity index (χ0v) is 8.03. The molecule has 0 fully saturated rings. The van der Waals surface area contributed by atoms with Crippen LogP contribution >= 0.6 is 0 Å². The Morgan fingerprint density at radius 3 is 2.85 bits per heavy atom. The van der Waals surface area contributed by atoms with Crippen LogP contribution in [0.1, 0.15) is 31.4 Å². The van der Waals surface area contributed by atoms with Crippen LogP contribution in [0.5, 0.6) is 0 Å². The summed E-state index contributed by atoms with van der Waals surface area (Å²) < 4.78 is 5.41. The Morgan fingerprint density at radius 2 is 2.15 bits per heavy atom. The number of aryl methyl sites for hydroxylation is 1. The molecule has 0 saturated heterocycles. The second-order valence-corrected chi connectivity index (χ2v) is 3.46. The van der Waals surface area contributed by atoms with Gasteiger partial charge in [-0.1, -0.05) is 13.8 Å². The molecule has 0 aliphatic heterocycles. The van der Waals surface area contributed by atoms with E-state index in [0.717, 1.165) is 16.8 Å². The van der Waals surface area contributed by atoms with E-state index in [1.54, 1.807) is 6.20 Å². The third kappa shape index (κ3) is 1.41. The Hall–Kier alpha value is -1.38. The van der Waals surface area contributed by atoms with E-state index >= 15 is 0 Å². The molecule has 0 unspecified atom stereocenters. The molecule has 2 rings (SSSR count). The maximum absolute atomic E-state index is 5.41. The van der Waals surface area contributed by atoms with Crippen LogP contribution < -0.4 is 0 Å². The third-order valence-corrected chi connectivity index (χ3v) is 1.99. The molecule has 13 heavy (non-hydrogen) atoms. The van der Waals surface area contributed by atoms with E-state index < -0.39 is 0 Å². The summed E-state index contributed by atoms with van der Waals surface area (Å²) in [6.07, 6.45) is 1.77. The zero-order valence-electron chi connectivity index (χ0n) is 8.03. The minimum absolute atomic E-state index is 0.426. The minimum atomic E-state index is 0.426. The summed E-state index contributed by atoms with van der Waals surface area (Å²) >= 11 is 0. The number of aromatic nitrogens is 2. The lowest BCUT2D eigenvalue weighted by Gasteiger charge is -2.01. The van der Waals surface area contributed by atoms with Gasteiger partial charge >= 0.3 is 0 Å². The van der Waals surface area contributed by atoms with Crippen LogP contribution in [0.4, 0.5) is 0 Å². The summed E-state index contributed by atoms with van der Waals surface area (Å²) in [7, 11) is 0. The fraction of sp³-hybridized carbons (Fsp3) is 0.400. The van der Waals surface area contributed by atoms with Crippen LogP contribution in [0.15, 0.2) is 16.7 Å². The lowest BCUT2D eigenvalue weighted by Crippen LogP contribution is -1.90. The molecule has 0 aromatic carbocycles. The van der Waals surface area contributed by atoms with Gasteiger partial charge in [0.1, 0.15) is 5.52 Å². The van der Waals surface area contributed by atoms with Gasteiger partial charge in [-0.05, 0) is 5.92 Å². The predicted molar refractivity (Wildman–Crippen MR) is 50.6 cm³/mol. The van der Waals surface area contributed by atoms with Gasteiger partial charge in [0.2, 0.25) is 0 Å². The van der Waals surface area contributed by atoms with Gasteiger partial charge in [-0.15, -0.1) is 0 Å². The third-order valence-electron chi connectivity index (χ3n) is 1.99. The molecule has 2 aromatic heterocycles. The molecule has 68 valence electrons. The number of nitrogens with zero attached hydrogens (tertiary/aromatic N) is 2. The average Bonchev–Trinajstić information content (AvgIpc) is 2.42. The number of hydrogen-bond acceptors (Lipinski definition) is 3. The van der Waals surface area contributed by atoms with Crippen molar-refractivity contribution in [3.8, 4) is 0 Å². The Balaban J connectivity index is 2.61. The molecule has 3 nitrogen and oxygen atoms in total. The van der Waals surface area contributed by atoms with Crippen molar-refractivity contribution in [1.29, 1.82) is 0 Å². The summed E-state index contributed by atoms with van der Waals surface area (Å²) in [5.74, 6) is 1.12. The van der Waals surface area contributed by atoms with Gasteiger partial charge in [0.05, 0.1) is 6.20 Å². The Morgan fingerprint density at radius 1 is 1.38 bits per heavy atom. The largest absolute Gasteiger partial charge is 0.441 e. The highest BCUT2D eigenvalue weighted by Gasteiger charge is 2.06. The van der Waals surface area contributed by atoms with E-state index in [2.05, 4.69) is 23.8 Å². The normalized spacial score (nSPS) is 11.4.